The van der Waals surface area contributed by atoms with E-state index in [0.717, 1.165) is 48.2 Å². The van der Waals surface area contributed by atoms with Crippen LogP contribution in [0.3, 0.4) is 0 Å². The van der Waals surface area contributed by atoms with E-state index in [9.17, 15) is 0 Å². The molecule has 0 saturated carbocycles. The first-order valence-electron chi connectivity index (χ1n) is 15.8. The van der Waals surface area contributed by atoms with Crippen LogP contribution in [0.4, 0.5) is 0 Å². The molecule has 0 radical (unpaired) electrons. The van der Waals surface area contributed by atoms with Crippen molar-refractivity contribution in [2.45, 2.75) is 25.7 Å². The minimum absolute atomic E-state index is 0.659. The molecule has 2 aromatic heterocycles. The fourth-order valence-electron chi connectivity index (χ4n) is 5.08. The number of fused-ring (bicyclic) bond motifs is 2. The number of carbonyl (C=O) groups is 2. The lowest BCUT2D eigenvalue weighted by atomic mass is 10.1. The molecule has 0 aliphatic carbocycles. The Morgan fingerprint density at radius 1 is 0.562 bits per heavy atom. The Bertz CT molecular complexity index is 1730. The first-order chi connectivity index (χ1) is 23.4. The molecule has 0 fully saturated rings. The number of nitrogens with two attached hydrogens (primary N) is 2. The second-order valence-electron chi connectivity index (χ2n) is 10.9. The minimum Gasteiger partial charge on any atom is -0.493 e. The summed E-state index contributed by atoms with van der Waals surface area (Å²) in [5.74, 6) is -1.82. The van der Waals surface area contributed by atoms with Crippen molar-refractivity contribution in [2.75, 3.05) is 26.3 Å². The van der Waals surface area contributed by atoms with Gasteiger partial charge >= 0.3 is 11.9 Å². The van der Waals surface area contributed by atoms with E-state index in [2.05, 4.69) is 82.8 Å². The highest BCUT2D eigenvalue weighted by atomic mass is 16.5. The fourth-order valence-corrected chi connectivity index (χ4v) is 5.08. The topological polar surface area (TPSA) is 177 Å². The van der Waals surface area contributed by atoms with Crippen molar-refractivity contribution in [3.05, 3.63) is 132 Å². The van der Waals surface area contributed by atoms with Gasteiger partial charge in [-0.25, -0.2) is 9.59 Å². The summed E-state index contributed by atoms with van der Waals surface area (Å²) in [7, 11) is 0. The summed E-state index contributed by atoms with van der Waals surface area (Å²) in [4.78, 5) is 24.7. The molecule has 6 rings (SSSR count). The van der Waals surface area contributed by atoms with Crippen LogP contribution < -0.4 is 20.9 Å². The van der Waals surface area contributed by atoms with Crippen LogP contribution in [0, 0.1) is 0 Å². The zero-order valence-electron chi connectivity index (χ0n) is 26.7. The van der Waals surface area contributed by atoms with Gasteiger partial charge in [-0.1, -0.05) is 60.7 Å². The van der Waals surface area contributed by atoms with Gasteiger partial charge in [-0.15, -0.1) is 0 Å². The molecule has 0 bridgehead atoms. The Morgan fingerprint density at radius 2 is 0.958 bits per heavy atom. The van der Waals surface area contributed by atoms with Gasteiger partial charge in [0.05, 0.1) is 13.2 Å². The SMILES string of the molecule is NCCc1c[nH]c2ccc(OCCc3ccccc3)cc12.NCCc1c[nH]c2ccc(OCCc3ccccc3)cc12.O=C(O)C(=O)O. The van der Waals surface area contributed by atoms with Crippen molar-refractivity contribution in [3.63, 3.8) is 0 Å². The van der Waals surface area contributed by atoms with Crippen LogP contribution in [-0.4, -0.2) is 58.4 Å². The van der Waals surface area contributed by atoms with Gasteiger partial charge in [0.1, 0.15) is 11.5 Å². The molecule has 2 heterocycles. The molecule has 0 aliphatic heterocycles. The monoisotopic (exact) mass is 650 g/mol. The maximum Gasteiger partial charge on any atom is 0.414 e. The highest BCUT2D eigenvalue weighted by Gasteiger charge is 2.07. The molecular weight excluding hydrogens is 608 g/mol. The van der Waals surface area contributed by atoms with E-state index in [1.165, 1.54) is 33.0 Å². The summed E-state index contributed by atoms with van der Waals surface area (Å²) in [6.07, 6.45) is 7.67. The molecule has 10 heteroatoms. The highest BCUT2D eigenvalue weighted by molar-refractivity contribution is 6.27. The zero-order chi connectivity index (χ0) is 34.1. The minimum atomic E-state index is -1.82. The number of aliphatic carboxylic acids is 2. The Labute approximate surface area is 279 Å². The fraction of sp³-hybridized carbons (Fsp3) is 0.211. The molecule has 10 nitrogen and oxygen atoms in total. The number of aromatic nitrogens is 2. The molecule has 48 heavy (non-hydrogen) atoms. The van der Waals surface area contributed by atoms with Gasteiger partial charge in [-0.2, -0.15) is 0 Å². The Balaban J connectivity index is 0.000000186. The van der Waals surface area contributed by atoms with Gasteiger partial charge < -0.3 is 41.1 Å². The number of benzene rings is 4. The number of carboxylic acids is 2. The van der Waals surface area contributed by atoms with E-state index in [1.54, 1.807) is 0 Å². The molecule has 250 valence electrons. The molecule has 0 saturated heterocycles. The first-order valence-corrected chi connectivity index (χ1v) is 15.8. The number of hydrogen-bond donors (Lipinski definition) is 6. The summed E-state index contributed by atoms with van der Waals surface area (Å²) in [6, 6.07) is 33.1. The lowest BCUT2D eigenvalue weighted by Gasteiger charge is -2.07. The standard InChI is InChI=1S/2C18H20N2O.C2H2O4/c2*19-10-8-15-13-20-18-7-6-16(12-17(15)18)21-11-9-14-4-2-1-3-5-14;3-1(4)2(5)6/h2*1-7,12-13,20H,8-11,19H2;(H,3,4)(H,5,6). The maximum absolute atomic E-state index is 9.10. The van der Waals surface area contributed by atoms with Crippen molar-refractivity contribution in [1.82, 2.24) is 9.97 Å². The summed E-state index contributed by atoms with van der Waals surface area (Å²) in [6.45, 7) is 2.69. The van der Waals surface area contributed by atoms with Crippen LogP contribution in [0.5, 0.6) is 11.5 Å². The van der Waals surface area contributed by atoms with Crippen LogP contribution >= 0.6 is 0 Å². The molecule has 0 amide bonds. The van der Waals surface area contributed by atoms with Gasteiger partial charge in [0.15, 0.2) is 0 Å². The zero-order valence-corrected chi connectivity index (χ0v) is 26.7. The van der Waals surface area contributed by atoms with Crippen molar-refractivity contribution in [3.8, 4) is 11.5 Å². The third-order valence-electron chi connectivity index (χ3n) is 7.49. The largest absolute Gasteiger partial charge is 0.493 e. The summed E-state index contributed by atoms with van der Waals surface area (Å²) in [5, 5.41) is 17.2. The van der Waals surface area contributed by atoms with E-state index in [0.29, 0.717) is 26.3 Å². The van der Waals surface area contributed by atoms with Crippen molar-refractivity contribution >= 4 is 33.7 Å². The Kier molecular flexibility index (Phi) is 13.6. The highest BCUT2D eigenvalue weighted by Crippen LogP contribution is 2.25. The lowest BCUT2D eigenvalue weighted by molar-refractivity contribution is -0.159. The van der Waals surface area contributed by atoms with E-state index in [1.807, 2.05) is 36.7 Å². The van der Waals surface area contributed by atoms with Crippen LogP contribution in [0.25, 0.3) is 21.8 Å². The molecular formula is C38H42N4O6. The lowest BCUT2D eigenvalue weighted by Crippen LogP contribution is -2.09. The summed E-state index contributed by atoms with van der Waals surface area (Å²) in [5.41, 5.74) is 18.7. The molecule has 0 atom stereocenters. The van der Waals surface area contributed by atoms with E-state index < -0.39 is 11.9 Å². The number of rotatable bonds is 12. The first kappa shape index (κ1) is 35.3. The van der Waals surface area contributed by atoms with E-state index in [4.69, 9.17) is 40.7 Å². The van der Waals surface area contributed by atoms with Crippen molar-refractivity contribution in [2.24, 2.45) is 11.5 Å². The van der Waals surface area contributed by atoms with E-state index >= 15 is 0 Å². The Hall–Kier alpha value is -5.58. The van der Waals surface area contributed by atoms with Crippen LogP contribution in [0.2, 0.25) is 0 Å². The molecule has 4 aromatic carbocycles. The number of ether oxygens (including phenoxy) is 2. The van der Waals surface area contributed by atoms with E-state index in [-0.39, 0.29) is 0 Å². The number of H-pyrrole nitrogens is 2. The predicted octanol–water partition coefficient (Wildman–Crippen LogP) is 5.74. The molecule has 6 aromatic rings. The molecule has 0 unspecified atom stereocenters. The summed E-state index contributed by atoms with van der Waals surface area (Å²) >= 11 is 0. The average Bonchev–Trinajstić information content (AvgIpc) is 3.70. The third-order valence-corrected chi connectivity index (χ3v) is 7.49. The normalized spacial score (nSPS) is 10.5. The van der Waals surface area contributed by atoms with Gasteiger partial charge in [-0.3, -0.25) is 0 Å². The molecule has 8 N–H and O–H groups in total. The Morgan fingerprint density at radius 3 is 1.31 bits per heavy atom. The quantitative estimate of drug-likeness (QED) is 0.0909. The van der Waals surface area contributed by atoms with Crippen LogP contribution in [-0.2, 0) is 35.3 Å². The molecule has 0 aliphatic rings. The smallest absolute Gasteiger partial charge is 0.414 e. The van der Waals surface area contributed by atoms with Gasteiger partial charge in [0.2, 0.25) is 0 Å². The van der Waals surface area contributed by atoms with Crippen LogP contribution in [0.1, 0.15) is 22.3 Å². The van der Waals surface area contributed by atoms with Crippen LogP contribution in [0.15, 0.2) is 109 Å². The number of aromatic amines is 2. The van der Waals surface area contributed by atoms with Crippen molar-refractivity contribution < 1.29 is 29.3 Å². The second kappa shape index (κ2) is 18.5. The third kappa shape index (κ3) is 10.8. The average molecular weight is 651 g/mol. The number of hydrogen-bond acceptors (Lipinski definition) is 6. The predicted molar refractivity (Wildman–Crippen MR) is 189 cm³/mol. The van der Waals surface area contributed by atoms with Gasteiger partial charge in [-0.05, 0) is 84.6 Å². The molecule has 0 spiro atoms. The van der Waals surface area contributed by atoms with Gasteiger partial charge in [0, 0.05) is 47.0 Å². The number of nitrogens with one attached hydrogen (secondary N) is 2. The van der Waals surface area contributed by atoms with Crippen molar-refractivity contribution in [1.29, 1.82) is 0 Å². The maximum atomic E-state index is 9.10. The second-order valence-corrected chi connectivity index (χ2v) is 10.9. The summed E-state index contributed by atoms with van der Waals surface area (Å²) < 4.78 is 11.8. The van der Waals surface area contributed by atoms with Gasteiger partial charge in [0.25, 0.3) is 0 Å². The number of carboxylic acid groups (broad SMARTS) is 2.